The minimum atomic E-state index is -4.43. The van der Waals surface area contributed by atoms with Gasteiger partial charge in [-0.1, -0.05) is 12.1 Å². The summed E-state index contributed by atoms with van der Waals surface area (Å²) in [7, 11) is -3.41. The molecule has 1 aromatic carbocycles. The number of nitrogens with one attached hydrogen (secondary N) is 1. The number of aromatic amines is 1. The topological polar surface area (TPSA) is 87.1 Å². The molecule has 12 heteroatoms. The van der Waals surface area contributed by atoms with Crippen molar-refractivity contribution in [2.75, 3.05) is 32.4 Å². The van der Waals surface area contributed by atoms with Gasteiger partial charge in [0.1, 0.15) is 5.65 Å². The number of halogens is 3. The molecular formula is C29H33F3N6O2S. The molecule has 5 heterocycles. The minimum absolute atomic E-state index is 0.168. The van der Waals surface area contributed by atoms with Gasteiger partial charge in [0.15, 0.2) is 0 Å². The number of nitrogens with zero attached hydrogens (tertiary/aromatic N) is 5. The molecule has 1 N–H and O–H groups in total. The van der Waals surface area contributed by atoms with E-state index in [9.17, 15) is 21.6 Å². The number of hydrogen-bond acceptors (Lipinski definition) is 5. The smallest absolute Gasteiger partial charge is 0.346 e. The van der Waals surface area contributed by atoms with E-state index in [4.69, 9.17) is 5.10 Å². The molecule has 2 aliphatic heterocycles. The molecule has 0 bridgehead atoms. The maximum Gasteiger partial charge on any atom is 0.416 e. The number of hydrogen-bond donors (Lipinski definition) is 1. The lowest BCUT2D eigenvalue weighted by atomic mass is 9.89. The first-order valence-corrected chi connectivity index (χ1v) is 15.8. The van der Waals surface area contributed by atoms with Crippen LogP contribution in [0.3, 0.4) is 0 Å². The molecule has 4 aromatic rings. The lowest BCUT2D eigenvalue weighted by Crippen LogP contribution is -2.36. The summed E-state index contributed by atoms with van der Waals surface area (Å²) in [5, 5.41) is 6.02. The molecule has 0 radical (unpaired) electrons. The SMILES string of the molecule is CS(=O)(=O)N1CCc2c(c(-c3ccc(C(F)(F)F)cc3)nn2CCCN2CCC(c3c[nH]c4ncccc34)CC2)C1. The third kappa shape index (κ3) is 5.77. The summed E-state index contributed by atoms with van der Waals surface area (Å²) in [4.78, 5) is 10.2. The van der Waals surface area contributed by atoms with Crippen LogP contribution >= 0.6 is 0 Å². The molecule has 0 atom stereocenters. The first-order chi connectivity index (χ1) is 19.6. The highest BCUT2D eigenvalue weighted by molar-refractivity contribution is 7.88. The number of benzene rings is 1. The van der Waals surface area contributed by atoms with E-state index in [0.29, 0.717) is 36.7 Å². The number of likely N-dealkylation sites (tertiary alicyclic amines) is 1. The number of fused-ring (bicyclic) bond motifs is 2. The molecule has 41 heavy (non-hydrogen) atoms. The van der Waals surface area contributed by atoms with Gasteiger partial charge in [-0.15, -0.1) is 0 Å². The highest BCUT2D eigenvalue weighted by Gasteiger charge is 2.32. The molecule has 1 fully saturated rings. The van der Waals surface area contributed by atoms with Crippen LogP contribution in [-0.4, -0.2) is 69.8 Å². The third-order valence-corrected chi connectivity index (χ3v) is 9.66. The van der Waals surface area contributed by atoms with E-state index in [1.54, 1.807) is 6.20 Å². The monoisotopic (exact) mass is 586 g/mol. The summed E-state index contributed by atoms with van der Waals surface area (Å²) in [5.74, 6) is 0.506. The maximum absolute atomic E-state index is 13.1. The fraction of sp³-hybridized carbons (Fsp3) is 0.448. The number of sulfonamides is 1. The van der Waals surface area contributed by atoms with Crippen LogP contribution in [0.4, 0.5) is 13.2 Å². The van der Waals surface area contributed by atoms with Gasteiger partial charge in [-0.05, 0) is 74.6 Å². The van der Waals surface area contributed by atoms with Crippen molar-refractivity contribution in [1.29, 1.82) is 0 Å². The highest BCUT2D eigenvalue weighted by atomic mass is 32.2. The van der Waals surface area contributed by atoms with Crippen LogP contribution in [0.5, 0.6) is 0 Å². The fourth-order valence-electron chi connectivity index (χ4n) is 6.21. The van der Waals surface area contributed by atoms with E-state index in [1.165, 1.54) is 33.6 Å². The van der Waals surface area contributed by atoms with Gasteiger partial charge in [-0.3, -0.25) is 4.68 Å². The summed E-state index contributed by atoms with van der Waals surface area (Å²) < 4.78 is 67.3. The van der Waals surface area contributed by atoms with Gasteiger partial charge in [0, 0.05) is 60.7 Å². The molecule has 3 aromatic heterocycles. The second-order valence-corrected chi connectivity index (χ2v) is 13.0. The minimum Gasteiger partial charge on any atom is -0.346 e. The van der Waals surface area contributed by atoms with Crippen molar-refractivity contribution >= 4 is 21.1 Å². The summed E-state index contributed by atoms with van der Waals surface area (Å²) in [6.45, 7) is 4.13. The lowest BCUT2D eigenvalue weighted by Gasteiger charge is -2.32. The van der Waals surface area contributed by atoms with Gasteiger partial charge in [0.05, 0.1) is 17.5 Å². The maximum atomic E-state index is 13.1. The van der Waals surface area contributed by atoms with E-state index in [-0.39, 0.29) is 6.54 Å². The second kappa shape index (κ2) is 10.9. The van der Waals surface area contributed by atoms with Crippen molar-refractivity contribution in [2.24, 2.45) is 0 Å². The predicted molar refractivity (Wildman–Crippen MR) is 151 cm³/mol. The van der Waals surface area contributed by atoms with Crippen LogP contribution < -0.4 is 0 Å². The van der Waals surface area contributed by atoms with E-state index >= 15 is 0 Å². The Labute approximate surface area is 237 Å². The van der Waals surface area contributed by atoms with E-state index in [2.05, 4.69) is 27.1 Å². The lowest BCUT2D eigenvalue weighted by molar-refractivity contribution is -0.137. The summed E-state index contributed by atoms with van der Waals surface area (Å²) in [6, 6.07) is 9.04. The summed E-state index contributed by atoms with van der Waals surface area (Å²) in [5.41, 5.74) is 4.39. The molecule has 6 rings (SSSR count). The van der Waals surface area contributed by atoms with Gasteiger partial charge < -0.3 is 9.88 Å². The van der Waals surface area contributed by atoms with Crippen LogP contribution in [0, 0.1) is 0 Å². The van der Waals surface area contributed by atoms with E-state index < -0.39 is 21.8 Å². The number of pyridine rings is 1. The van der Waals surface area contributed by atoms with Crippen LogP contribution in [0.1, 0.15) is 47.6 Å². The largest absolute Gasteiger partial charge is 0.416 e. The Balaban J connectivity index is 1.14. The zero-order chi connectivity index (χ0) is 28.8. The normalized spacial score (nSPS) is 17.8. The summed E-state index contributed by atoms with van der Waals surface area (Å²) in [6.07, 6.45) is 4.20. The number of aryl methyl sites for hydroxylation is 1. The van der Waals surface area contributed by atoms with Gasteiger partial charge in [0.2, 0.25) is 10.0 Å². The van der Waals surface area contributed by atoms with Crippen LogP contribution in [0.15, 0.2) is 48.8 Å². The van der Waals surface area contributed by atoms with Crippen molar-refractivity contribution < 1.29 is 21.6 Å². The zero-order valence-electron chi connectivity index (χ0n) is 22.9. The average molecular weight is 587 g/mol. The Morgan fingerprint density at radius 2 is 1.80 bits per heavy atom. The van der Waals surface area contributed by atoms with Crippen molar-refractivity contribution in [2.45, 2.75) is 50.9 Å². The Morgan fingerprint density at radius 1 is 1.05 bits per heavy atom. The van der Waals surface area contributed by atoms with Gasteiger partial charge >= 0.3 is 6.18 Å². The van der Waals surface area contributed by atoms with Crippen molar-refractivity contribution in [1.82, 2.24) is 29.0 Å². The Bertz CT molecular complexity index is 1640. The van der Waals surface area contributed by atoms with Crippen LogP contribution in [0.25, 0.3) is 22.3 Å². The quantitative estimate of drug-likeness (QED) is 0.328. The Hall–Kier alpha value is -3.22. The molecule has 1 saturated heterocycles. The van der Waals surface area contributed by atoms with Crippen LogP contribution in [0.2, 0.25) is 0 Å². The zero-order valence-corrected chi connectivity index (χ0v) is 23.7. The second-order valence-electron chi connectivity index (χ2n) is 11.0. The average Bonchev–Trinajstić information content (AvgIpc) is 3.54. The summed E-state index contributed by atoms with van der Waals surface area (Å²) >= 11 is 0. The van der Waals surface area contributed by atoms with Gasteiger partial charge in [-0.25, -0.2) is 13.4 Å². The van der Waals surface area contributed by atoms with E-state index in [1.807, 2.05) is 10.7 Å². The molecule has 218 valence electrons. The van der Waals surface area contributed by atoms with Gasteiger partial charge in [0.25, 0.3) is 0 Å². The third-order valence-electron chi connectivity index (χ3n) is 8.41. The highest BCUT2D eigenvalue weighted by Crippen LogP contribution is 2.35. The molecule has 0 amide bonds. The molecule has 0 unspecified atom stereocenters. The molecule has 8 nitrogen and oxygen atoms in total. The van der Waals surface area contributed by atoms with Crippen molar-refractivity contribution in [3.63, 3.8) is 0 Å². The Kier molecular flexibility index (Phi) is 7.41. The first-order valence-electron chi connectivity index (χ1n) is 13.9. The molecule has 2 aliphatic rings. The Morgan fingerprint density at radius 3 is 2.51 bits per heavy atom. The number of H-pyrrole nitrogens is 1. The molecule has 0 aliphatic carbocycles. The predicted octanol–water partition coefficient (Wildman–Crippen LogP) is 5.03. The molecular weight excluding hydrogens is 553 g/mol. The number of aromatic nitrogens is 4. The van der Waals surface area contributed by atoms with Gasteiger partial charge in [-0.2, -0.15) is 22.6 Å². The standard InChI is InChI=1S/C29H33F3N6O2S/c1-41(39,40)37-17-11-26-25(19-37)27(21-5-7-22(8-6-21)29(30,31)32)35-38(26)14-3-13-36-15-9-20(10-16-36)24-18-34-28-23(24)4-2-12-33-28/h2,4-8,12,18,20H,3,9-11,13-17,19H2,1H3,(H,33,34). The van der Waals surface area contributed by atoms with Crippen molar-refractivity contribution in [3.8, 4) is 11.3 Å². The first kappa shape index (κ1) is 27.9. The van der Waals surface area contributed by atoms with Crippen LogP contribution in [-0.2, 0) is 35.7 Å². The van der Waals surface area contributed by atoms with Crippen molar-refractivity contribution in [3.05, 3.63) is 71.2 Å². The van der Waals surface area contributed by atoms with E-state index in [0.717, 1.165) is 67.9 Å². The number of alkyl halides is 3. The number of rotatable bonds is 7. The molecule has 0 saturated carbocycles. The fourth-order valence-corrected chi connectivity index (χ4v) is 7.00. The molecule has 0 spiro atoms. The number of piperidine rings is 1.